The molecular formula is C29H32Cl3NO10. The minimum atomic E-state index is -2.27. The number of carbonyl (C=O) groups is 3. The zero-order chi connectivity index (χ0) is 31.6. The van der Waals surface area contributed by atoms with E-state index in [0.29, 0.717) is 6.61 Å². The molecule has 0 unspecified atom stereocenters. The average Bonchev–Trinajstić information content (AvgIpc) is 2.92. The maximum absolute atomic E-state index is 12.0. The molecule has 5 atom stereocenters. The molecule has 2 aromatic rings. The first-order chi connectivity index (χ1) is 20.3. The SMILES string of the molecule is CC(=O)OC[C@H]1O[C@H](OC(=N)C(Cl)(Cl)Cl)[C@H](OC(C)=O)[C@@H](OC/C=C\COCc2ccc3ccccc3c2)[C@@H]1OC(C)=O. The summed E-state index contributed by atoms with van der Waals surface area (Å²) in [6.07, 6.45) is -3.15. The molecule has 1 aliphatic rings. The Labute approximate surface area is 263 Å². The monoisotopic (exact) mass is 659 g/mol. The Morgan fingerprint density at radius 1 is 0.860 bits per heavy atom. The van der Waals surface area contributed by atoms with Gasteiger partial charge in [0.1, 0.15) is 18.8 Å². The maximum atomic E-state index is 12.0. The molecule has 234 valence electrons. The fourth-order valence-corrected chi connectivity index (χ4v) is 4.34. The van der Waals surface area contributed by atoms with Crippen molar-refractivity contribution in [2.45, 2.75) is 61.9 Å². The lowest BCUT2D eigenvalue weighted by molar-refractivity contribution is -0.295. The molecule has 1 N–H and O–H groups in total. The van der Waals surface area contributed by atoms with Gasteiger partial charge < -0.3 is 33.2 Å². The van der Waals surface area contributed by atoms with Crippen molar-refractivity contribution >= 4 is 69.4 Å². The Morgan fingerprint density at radius 3 is 2.16 bits per heavy atom. The van der Waals surface area contributed by atoms with Crippen LogP contribution in [0.4, 0.5) is 0 Å². The Morgan fingerprint density at radius 2 is 1.51 bits per heavy atom. The van der Waals surface area contributed by atoms with Crippen LogP contribution in [-0.4, -0.2) is 78.1 Å². The van der Waals surface area contributed by atoms with Crippen molar-refractivity contribution < 1.29 is 47.5 Å². The largest absolute Gasteiger partial charge is 0.463 e. The van der Waals surface area contributed by atoms with Crippen LogP contribution in [0.15, 0.2) is 54.6 Å². The van der Waals surface area contributed by atoms with Crippen LogP contribution in [0.25, 0.3) is 10.8 Å². The molecule has 2 aromatic carbocycles. The lowest BCUT2D eigenvalue weighted by atomic mass is 9.98. The number of fused-ring (bicyclic) bond motifs is 1. The third-order valence-electron chi connectivity index (χ3n) is 5.99. The predicted octanol–water partition coefficient (Wildman–Crippen LogP) is 4.81. The van der Waals surface area contributed by atoms with Crippen molar-refractivity contribution in [3.63, 3.8) is 0 Å². The second-order valence-corrected chi connectivity index (χ2v) is 11.7. The highest BCUT2D eigenvalue weighted by Gasteiger charge is 2.53. The molecule has 1 heterocycles. The third kappa shape index (κ3) is 10.9. The molecule has 0 amide bonds. The van der Waals surface area contributed by atoms with Gasteiger partial charge >= 0.3 is 17.9 Å². The molecule has 1 aliphatic heterocycles. The topological polar surface area (TPSA) is 140 Å². The zero-order valence-corrected chi connectivity index (χ0v) is 25.9. The van der Waals surface area contributed by atoms with Gasteiger partial charge in [-0.2, -0.15) is 0 Å². The van der Waals surface area contributed by atoms with Crippen molar-refractivity contribution in [3.8, 4) is 0 Å². The van der Waals surface area contributed by atoms with Crippen LogP contribution in [0.5, 0.6) is 0 Å². The van der Waals surface area contributed by atoms with E-state index in [1.54, 1.807) is 12.2 Å². The standard InChI is InChI=1S/C29H32Cl3NO10/c1-17(34)39-16-23-24(40-18(2)35)25(26(41-19(3)36)27(42-23)43-28(33)29(30,31)32)38-13-7-6-12-37-15-20-10-11-21-8-4-5-9-22(21)14-20/h4-11,14,23-27,33H,12-13,15-16H2,1-3H3/b7-6-,33-28?/t23-,24-,25+,26-,27-/m1/s1. The van der Waals surface area contributed by atoms with Crippen LogP contribution in [0.2, 0.25) is 0 Å². The third-order valence-corrected chi connectivity index (χ3v) is 6.50. The lowest BCUT2D eigenvalue weighted by Gasteiger charge is -2.44. The molecule has 0 bridgehead atoms. The highest BCUT2D eigenvalue weighted by atomic mass is 35.6. The van der Waals surface area contributed by atoms with E-state index in [1.165, 1.54) is 6.92 Å². The van der Waals surface area contributed by atoms with Gasteiger partial charge in [0.05, 0.1) is 19.8 Å². The van der Waals surface area contributed by atoms with Gasteiger partial charge in [-0.3, -0.25) is 19.8 Å². The number of halogens is 3. The summed E-state index contributed by atoms with van der Waals surface area (Å²) in [5.41, 5.74) is 1.02. The van der Waals surface area contributed by atoms with E-state index in [4.69, 9.17) is 73.4 Å². The van der Waals surface area contributed by atoms with Gasteiger partial charge in [0.15, 0.2) is 12.2 Å². The molecule has 0 spiro atoms. The molecule has 1 fully saturated rings. The Kier molecular flexibility index (Phi) is 13.0. The average molecular weight is 661 g/mol. The van der Waals surface area contributed by atoms with Crippen LogP contribution in [0.1, 0.15) is 26.3 Å². The summed E-state index contributed by atoms with van der Waals surface area (Å²) in [5, 5.41) is 10.2. The number of hydrogen-bond acceptors (Lipinski definition) is 11. The number of esters is 3. The summed E-state index contributed by atoms with van der Waals surface area (Å²) >= 11 is 17.3. The summed E-state index contributed by atoms with van der Waals surface area (Å²) < 4.78 is 36.6. The summed E-state index contributed by atoms with van der Waals surface area (Å²) in [6.45, 7) is 3.70. The van der Waals surface area contributed by atoms with E-state index in [-0.39, 0.29) is 19.8 Å². The Balaban J connectivity index is 1.72. The number of rotatable bonds is 12. The van der Waals surface area contributed by atoms with Gasteiger partial charge in [0, 0.05) is 20.8 Å². The first-order valence-corrected chi connectivity index (χ1v) is 14.3. The van der Waals surface area contributed by atoms with Gasteiger partial charge in [-0.15, -0.1) is 0 Å². The number of ether oxygens (including phenoxy) is 7. The van der Waals surface area contributed by atoms with Gasteiger partial charge in [0.25, 0.3) is 3.79 Å². The number of hydrogen-bond donors (Lipinski definition) is 1. The van der Waals surface area contributed by atoms with Crippen molar-refractivity contribution in [1.82, 2.24) is 0 Å². The Hall–Kier alpha value is -2.93. The fraction of sp³-hybridized carbons (Fsp3) is 0.448. The fourth-order valence-electron chi connectivity index (χ4n) is 4.21. The number of benzene rings is 2. The number of nitrogens with one attached hydrogen (secondary N) is 1. The molecule has 3 rings (SSSR count). The van der Waals surface area contributed by atoms with Crippen LogP contribution >= 0.6 is 34.8 Å². The van der Waals surface area contributed by atoms with Crippen LogP contribution in [0, 0.1) is 5.41 Å². The summed E-state index contributed by atoms with van der Waals surface area (Å²) in [7, 11) is 0. The first kappa shape index (κ1) is 34.6. The molecule has 14 heteroatoms. The molecule has 0 aromatic heterocycles. The van der Waals surface area contributed by atoms with E-state index in [2.05, 4.69) is 6.07 Å². The number of carbonyl (C=O) groups excluding carboxylic acids is 3. The van der Waals surface area contributed by atoms with E-state index in [9.17, 15) is 14.4 Å². The molecular weight excluding hydrogens is 629 g/mol. The highest BCUT2D eigenvalue weighted by Crippen LogP contribution is 2.33. The van der Waals surface area contributed by atoms with E-state index in [1.807, 2.05) is 36.4 Å². The molecule has 0 aliphatic carbocycles. The van der Waals surface area contributed by atoms with Gasteiger partial charge in [0.2, 0.25) is 12.2 Å². The van der Waals surface area contributed by atoms with Crippen molar-refractivity contribution in [1.29, 1.82) is 5.41 Å². The minimum Gasteiger partial charge on any atom is -0.463 e. The smallest absolute Gasteiger partial charge is 0.303 e. The van der Waals surface area contributed by atoms with E-state index < -0.39 is 58.3 Å². The summed E-state index contributed by atoms with van der Waals surface area (Å²) in [5.74, 6) is -2.93. The second kappa shape index (κ2) is 16.2. The molecule has 0 saturated carbocycles. The van der Waals surface area contributed by atoms with E-state index in [0.717, 1.165) is 30.2 Å². The van der Waals surface area contributed by atoms with Crippen LogP contribution in [0.3, 0.4) is 0 Å². The zero-order valence-electron chi connectivity index (χ0n) is 23.6. The molecule has 43 heavy (non-hydrogen) atoms. The van der Waals surface area contributed by atoms with Crippen LogP contribution < -0.4 is 0 Å². The summed E-state index contributed by atoms with van der Waals surface area (Å²) in [6, 6.07) is 14.1. The Bertz CT molecular complexity index is 1310. The predicted molar refractivity (Wildman–Crippen MR) is 158 cm³/mol. The van der Waals surface area contributed by atoms with E-state index >= 15 is 0 Å². The maximum Gasteiger partial charge on any atom is 0.303 e. The summed E-state index contributed by atoms with van der Waals surface area (Å²) in [4.78, 5) is 35.5. The van der Waals surface area contributed by atoms with Gasteiger partial charge in [-0.25, -0.2) is 0 Å². The second-order valence-electron chi connectivity index (χ2n) is 9.40. The van der Waals surface area contributed by atoms with Gasteiger partial charge in [-0.1, -0.05) is 83.4 Å². The van der Waals surface area contributed by atoms with Crippen LogP contribution in [-0.2, 0) is 54.1 Å². The van der Waals surface area contributed by atoms with Crippen molar-refractivity contribution in [2.24, 2.45) is 0 Å². The van der Waals surface area contributed by atoms with Crippen molar-refractivity contribution in [3.05, 3.63) is 60.2 Å². The first-order valence-electron chi connectivity index (χ1n) is 13.1. The highest BCUT2D eigenvalue weighted by molar-refractivity contribution is 6.76. The molecule has 11 nitrogen and oxygen atoms in total. The number of alkyl halides is 3. The molecule has 1 saturated heterocycles. The van der Waals surface area contributed by atoms with Gasteiger partial charge in [-0.05, 0) is 22.4 Å². The van der Waals surface area contributed by atoms with Crippen molar-refractivity contribution in [2.75, 3.05) is 19.8 Å². The molecule has 0 radical (unpaired) electrons. The quantitative estimate of drug-likeness (QED) is 0.0642. The normalized spacial score (nSPS) is 22.2. The minimum absolute atomic E-state index is 0.0472. The lowest BCUT2D eigenvalue weighted by Crippen LogP contribution is -2.63.